The average molecular weight is 246 g/mol. The van der Waals surface area contributed by atoms with Gasteiger partial charge in [0.05, 0.1) is 12.5 Å². The molecule has 7 aliphatic carbocycles. The van der Waals surface area contributed by atoms with Crippen molar-refractivity contribution >= 4 is 5.97 Å². The Morgan fingerprint density at radius 2 is 1.33 bits per heavy atom. The third-order valence-electron chi connectivity index (χ3n) is 7.61. The average Bonchev–Trinajstić information content (AvgIpc) is 2.42. The molecule has 7 aliphatic rings. The van der Waals surface area contributed by atoms with Gasteiger partial charge in [0.2, 0.25) is 0 Å². The van der Waals surface area contributed by atoms with Gasteiger partial charge in [0, 0.05) is 0 Å². The maximum Gasteiger partial charge on any atom is 0.311 e. The fourth-order valence-corrected chi connectivity index (χ4v) is 7.38. The zero-order valence-electron chi connectivity index (χ0n) is 11.1. The van der Waals surface area contributed by atoms with Crippen molar-refractivity contribution in [3.8, 4) is 0 Å². The van der Waals surface area contributed by atoms with Crippen molar-refractivity contribution in [2.45, 2.75) is 38.5 Å². The zero-order chi connectivity index (χ0) is 12.1. The molecular weight excluding hydrogens is 224 g/mol. The van der Waals surface area contributed by atoms with E-state index >= 15 is 0 Å². The van der Waals surface area contributed by atoms with Crippen molar-refractivity contribution in [2.75, 3.05) is 7.11 Å². The van der Waals surface area contributed by atoms with Crippen molar-refractivity contribution in [3.05, 3.63) is 0 Å². The van der Waals surface area contributed by atoms with Crippen LogP contribution in [0.4, 0.5) is 0 Å². The number of esters is 1. The van der Waals surface area contributed by atoms with E-state index < -0.39 is 0 Å². The van der Waals surface area contributed by atoms with Gasteiger partial charge in [0.1, 0.15) is 0 Å². The van der Waals surface area contributed by atoms with Crippen LogP contribution < -0.4 is 0 Å². The molecule has 0 amide bonds. The highest BCUT2D eigenvalue weighted by Gasteiger charge is 2.69. The number of hydrogen-bond acceptors (Lipinski definition) is 2. The molecule has 2 nitrogen and oxygen atoms in total. The van der Waals surface area contributed by atoms with Crippen LogP contribution in [0.5, 0.6) is 0 Å². The first kappa shape index (κ1) is 10.3. The van der Waals surface area contributed by atoms with Crippen LogP contribution in [0.15, 0.2) is 0 Å². The lowest BCUT2D eigenvalue weighted by molar-refractivity contribution is -0.237. The van der Waals surface area contributed by atoms with Gasteiger partial charge in [-0.3, -0.25) is 4.79 Å². The quantitative estimate of drug-likeness (QED) is 0.665. The largest absolute Gasteiger partial charge is 0.469 e. The second-order valence-corrected chi connectivity index (χ2v) is 7.94. The van der Waals surface area contributed by atoms with Crippen molar-refractivity contribution in [1.82, 2.24) is 0 Å². The van der Waals surface area contributed by atoms with Crippen LogP contribution in [0.2, 0.25) is 0 Å². The summed E-state index contributed by atoms with van der Waals surface area (Å²) in [7, 11) is 1.58. The van der Waals surface area contributed by atoms with E-state index in [0.717, 1.165) is 41.4 Å². The highest BCUT2D eigenvalue weighted by atomic mass is 16.5. The van der Waals surface area contributed by atoms with Crippen LogP contribution >= 0.6 is 0 Å². The predicted octanol–water partition coefficient (Wildman–Crippen LogP) is 2.87. The van der Waals surface area contributed by atoms with E-state index in [1.54, 1.807) is 7.11 Å². The summed E-state index contributed by atoms with van der Waals surface area (Å²) in [5.41, 5.74) is -0.0531. The van der Waals surface area contributed by atoms with Gasteiger partial charge in [0.25, 0.3) is 0 Å². The molecule has 0 aromatic rings. The lowest BCUT2D eigenvalue weighted by Crippen LogP contribution is -2.66. The Morgan fingerprint density at radius 1 is 0.889 bits per heavy atom. The molecule has 0 spiro atoms. The number of carbonyl (C=O) groups excluding carboxylic acids is 1. The molecule has 7 rings (SSSR count). The van der Waals surface area contributed by atoms with E-state index in [-0.39, 0.29) is 11.4 Å². The second-order valence-electron chi connectivity index (χ2n) is 7.94. The number of carbonyl (C=O) groups is 1. The summed E-state index contributed by atoms with van der Waals surface area (Å²) in [6.45, 7) is 0. The van der Waals surface area contributed by atoms with E-state index in [1.807, 2.05) is 0 Å². The summed E-state index contributed by atoms with van der Waals surface area (Å²) < 4.78 is 5.17. The monoisotopic (exact) mass is 246 g/mol. The van der Waals surface area contributed by atoms with Gasteiger partial charge < -0.3 is 4.74 Å². The molecule has 0 heterocycles. The molecule has 0 aromatic carbocycles. The lowest BCUT2D eigenvalue weighted by atomic mass is 9.33. The van der Waals surface area contributed by atoms with Gasteiger partial charge in [-0.05, 0) is 80.0 Å². The van der Waals surface area contributed by atoms with E-state index in [4.69, 9.17) is 4.74 Å². The smallest absolute Gasteiger partial charge is 0.311 e. The third kappa shape index (κ3) is 0.947. The topological polar surface area (TPSA) is 26.3 Å². The first-order chi connectivity index (χ1) is 8.72. The number of hydrogen-bond donors (Lipinski definition) is 0. The van der Waals surface area contributed by atoms with Gasteiger partial charge in [0.15, 0.2) is 0 Å². The molecule has 0 N–H and O–H groups in total. The number of methoxy groups -OCH3 is 1. The summed E-state index contributed by atoms with van der Waals surface area (Å²) in [4.78, 5) is 12.3. The first-order valence-corrected chi connectivity index (χ1v) is 7.80. The van der Waals surface area contributed by atoms with Crippen LogP contribution in [0.25, 0.3) is 0 Å². The summed E-state index contributed by atoms with van der Waals surface area (Å²) in [5, 5.41) is 0. The molecule has 0 aliphatic heterocycles. The summed E-state index contributed by atoms with van der Waals surface area (Å²) in [6, 6.07) is 0. The van der Waals surface area contributed by atoms with Crippen molar-refractivity contribution < 1.29 is 9.53 Å². The first-order valence-electron chi connectivity index (χ1n) is 7.80. The maximum atomic E-state index is 12.3. The molecule has 0 aromatic heterocycles. The Morgan fingerprint density at radius 3 is 1.72 bits per heavy atom. The van der Waals surface area contributed by atoms with E-state index in [9.17, 15) is 4.79 Å². The molecule has 7 saturated carbocycles. The van der Waals surface area contributed by atoms with Crippen LogP contribution in [0.1, 0.15) is 38.5 Å². The van der Waals surface area contributed by atoms with Crippen molar-refractivity contribution in [1.29, 1.82) is 0 Å². The lowest BCUT2D eigenvalue weighted by Gasteiger charge is -2.71. The Bertz CT molecular complexity index is 367. The van der Waals surface area contributed by atoms with E-state index in [0.29, 0.717) is 0 Å². The molecular formula is C16H22O2. The van der Waals surface area contributed by atoms with Gasteiger partial charge in [-0.1, -0.05) is 0 Å². The highest BCUT2D eigenvalue weighted by Crippen LogP contribution is 2.74. The van der Waals surface area contributed by atoms with Gasteiger partial charge in [-0.2, -0.15) is 0 Å². The molecule has 0 radical (unpaired) electrons. The molecule has 0 saturated heterocycles. The minimum atomic E-state index is -0.0531. The Labute approximate surface area is 108 Å². The summed E-state index contributed by atoms with van der Waals surface area (Å²) in [6.07, 6.45) is 7.98. The van der Waals surface area contributed by atoms with Crippen LogP contribution in [0.3, 0.4) is 0 Å². The molecule has 7 fully saturated rings. The number of ether oxygens (including phenoxy) is 1. The Balaban J connectivity index is 1.61. The fourth-order valence-electron chi connectivity index (χ4n) is 7.38. The van der Waals surface area contributed by atoms with Gasteiger partial charge in [-0.25, -0.2) is 0 Å². The standard InChI is InChI=1S/C16H22O2/c1-18-15(17)16-5-12-9-2-8-3-10(12)14(7-16)11(4-8)13(9)6-16/h8-14H,2-7H2,1H3. The Kier molecular flexibility index (Phi) is 1.69. The van der Waals surface area contributed by atoms with Crippen molar-refractivity contribution in [3.63, 3.8) is 0 Å². The molecule has 8 bridgehead atoms. The maximum absolute atomic E-state index is 12.3. The predicted molar refractivity (Wildman–Crippen MR) is 66.6 cm³/mol. The van der Waals surface area contributed by atoms with Gasteiger partial charge >= 0.3 is 5.97 Å². The van der Waals surface area contributed by atoms with Crippen molar-refractivity contribution in [2.24, 2.45) is 46.8 Å². The fraction of sp³-hybridized carbons (Fsp3) is 0.938. The molecule has 2 heteroatoms. The molecule has 0 unspecified atom stereocenters. The van der Waals surface area contributed by atoms with Crippen LogP contribution in [0, 0.1) is 46.8 Å². The van der Waals surface area contributed by atoms with Crippen LogP contribution in [-0.2, 0) is 9.53 Å². The second kappa shape index (κ2) is 2.96. The van der Waals surface area contributed by atoms with Crippen LogP contribution in [-0.4, -0.2) is 13.1 Å². The minimum absolute atomic E-state index is 0.0531. The molecule has 0 atom stereocenters. The highest BCUT2D eigenvalue weighted by molar-refractivity contribution is 5.77. The molecule has 18 heavy (non-hydrogen) atoms. The SMILES string of the molecule is COC(=O)C12CC3C4CC5CC3C(C1)C(C5)C4C2. The van der Waals surface area contributed by atoms with E-state index in [2.05, 4.69) is 0 Å². The minimum Gasteiger partial charge on any atom is -0.469 e. The zero-order valence-corrected chi connectivity index (χ0v) is 11.1. The summed E-state index contributed by atoms with van der Waals surface area (Å²) >= 11 is 0. The normalized spacial score (nSPS) is 62.4. The number of rotatable bonds is 1. The molecule has 98 valence electrons. The summed E-state index contributed by atoms with van der Waals surface area (Å²) in [5.74, 6) is 6.79. The van der Waals surface area contributed by atoms with E-state index in [1.165, 1.54) is 38.5 Å². The van der Waals surface area contributed by atoms with Gasteiger partial charge in [-0.15, -0.1) is 0 Å². The Hall–Kier alpha value is -0.530. The third-order valence-corrected chi connectivity index (χ3v) is 7.61.